The lowest BCUT2D eigenvalue weighted by Crippen LogP contribution is -2.68. The van der Waals surface area contributed by atoms with E-state index < -0.39 is 5.60 Å². The Labute approximate surface area is 115 Å². The van der Waals surface area contributed by atoms with Crippen molar-refractivity contribution in [2.45, 2.75) is 51.2 Å². The first-order valence-corrected chi connectivity index (χ1v) is 7.20. The van der Waals surface area contributed by atoms with Crippen molar-refractivity contribution in [3.63, 3.8) is 0 Å². The largest absolute Gasteiger partial charge is 0.372 e. The molecule has 4 atom stereocenters. The van der Waals surface area contributed by atoms with Gasteiger partial charge in [0, 0.05) is 13.0 Å². The second-order valence-corrected chi connectivity index (χ2v) is 7.31. The standard InChI is InChI=1S/C16H24O3/c1-10-13(17)16(18-5)9-19-14(2,3)11-6-7-15(10,4)8-12(11)16/h11-12H,1,6-9H2,2-5H3/t11?,12-,15-,16-/m0/s1. The summed E-state index contributed by atoms with van der Waals surface area (Å²) >= 11 is 0. The van der Waals surface area contributed by atoms with Crippen molar-refractivity contribution < 1.29 is 14.3 Å². The number of Topliss-reactive ketones (excluding diaryl/α,β-unsaturated/α-hetero) is 1. The van der Waals surface area contributed by atoms with Gasteiger partial charge in [0.2, 0.25) is 0 Å². The van der Waals surface area contributed by atoms with Crippen LogP contribution in [0.3, 0.4) is 0 Å². The Balaban J connectivity index is 2.11. The monoisotopic (exact) mass is 264 g/mol. The van der Waals surface area contributed by atoms with Gasteiger partial charge >= 0.3 is 0 Å². The van der Waals surface area contributed by atoms with Gasteiger partial charge in [-0.1, -0.05) is 13.5 Å². The molecule has 19 heavy (non-hydrogen) atoms. The smallest absolute Gasteiger partial charge is 0.193 e. The SMILES string of the molecule is C=C1C(=O)[C@]2(OC)COC(C)(C)C3CC[C@@]1(C)C[C@@H]32. The molecule has 0 aromatic carbocycles. The second kappa shape index (κ2) is 3.70. The third-order valence-corrected chi connectivity index (χ3v) is 6.07. The van der Waals surface area contributed by atoms with Crippen LogP contribution in [0.15, 0.2) is 12.2 Å². The third kappa shape index (κ3) is 1.49. The van der Waals surface area contributed by atoms with Crippen molar-refractivity contribution >= 4 is 5.78 Å². The number of ether oxygens (including phenoxy) is 2. The molecule has 0 radical (unpaired) electrons. The average molecular weight is 264 g/mol. The Hall–Kier alpha value is -0.670. The summed E-state index contributed by atoms with van der Waals surface area (Å²) in [5, 5.41) is 0. The van der Waals surface area contributed by atoms with E-state index >= 15 is 0 Å². The minimum atomic E-state index is -0.781. The molecule has 0 N–H and O–H groups in total. The van der Waals surface area contributed by atoms with Crippen LogP contribution in [0, 0.1) is 17.3 Å². The molecule has 106 valence electrons. The van der Waals surface area contributed by atoms with E-state index in [4.69, 9.17) is 9.47 Å². The minimum absolute atomic E-state index is 0.0340. The van der Waals surface area contributed by atoms with E-state index in [0.717, 1.165) is 24.8 Å². The zero-order valence-corrected chi connectivity index (χ0v) is 12.4. The normalized spacial score (nSPS) is 48.2. The first-order valence-electron chi connectivity index (χ1n) is 7.20. The highest BCUT2D eigenvalue weighted by atomic mass is 16.6. The Kier molecular flexibility index (Phi) is 2.60. The molecule has 2 saturated carbocycles. The Morgan fingerprint density at radius 1 is 1.32 bits per heavy atom. The van der Waals surface area contributed by atoms with Crippen LogP contribution in [-0.2, 0) is 14.3 Å². The Morgan fingerprint density at radius 2 is 2.00 bits per heavy atom. The number of rotatable bonds is 1. The number of carbonyl (C=O) groups excluding carboxylic acids is 1. The summed E-state index contributed by atoms with van der Waals surface area (Å²) in [7, 11) is 1.64. The van der Waals surface area contributed by atoms with Gasteiger partial charge in [-0.25, -0.2) is 0 Å². The van der Waals surface area contributed by atoms with E-state index in [0.29, 0.717) is 12.5 Å². The summed E-state index contributed by atoms with van der Waals surface area (Å²) in [6, 6.07) is 0. The number of methoxy groups -OCH3 is 1. The summed E-state index contributed by atoms with van der Waals surface area (Å²) in [6.07, 6.45) is 3.12. The molecule has 3 heteroatoms. The van der Waals surface area contributed by atoms with E-state index in [-0.39, 0.29) is 22.7 Å². The van der Waals surface area contributed by atoms with E-state index in [1.54, 1.807) is 7.11 Å². The lowest BCUT2D eigenvalue weighted by atomic mass is 9.49. The lowest BCUT2D eigenvalue weighted by molar-refractivity contribution is -0.245. The average Bonchev–Trinajstić information content (AvgIpc) is 2.36. The first-order chi connectivity index (χ1) is 8.77. The molecule has 0 aromatic heterocycles. The molecule has 3 aliphatic rings. The molecule has 3 fully saturated rings. The Bertz CT molecular complexity index is 453. The topological polar surface area (TPSA) is 35.5 Å². The first kappa shape index (κ1) is 13.3. The predicted octanol–water partition coefficient (Wildman–Crippen LogP) is 2.74. The number of carbonyl (C=O) groups is 1. The Morgan fingerprint density at radius 3 is 2.63 bits per heavy atom. The molecule has 1 unspecified atom stereocenters. The van der Waals surface area contributed by atoms with Crippen molar-refractivity contribution in [2.75, 3.05) is 13.7 Å². The van der Waals surface area contributed by atoms with Gasteiger partial charge in [-0.3, -0.25) is 4.79 Å². The predicted molar refractivity (Wildman–Crippen MR) is 72.9 cm³/mol. The highest BCUT2D eigenvalue weighted by Crippen LogP contribution is 2.60. The number of hydrogen-bond acceptors (Lipinski definition) is 3. The fraction of sp³-hybridized carbons (Fsp3) is 0.812. The van der Waals surface area contributed by atoms with Crippen molar-refractivity contribution in [3.05, 3.63) is 12.2 Å². The van der Waals surface area contributed by atoms with Crippen LogP contribution in [-0.4, -0.2) is 30.7 Å². The van der Waals surface area contributed by atoms with E-state index in [1.165, 1.54) is 0 Å². The molecular weight excluding hydrogens is 240 g/mol. The number of fused-ring (bicyclic) bond motifs is 1. The zero-order chi connectivity index (χ0) is 14.1. The van der Waals surface area contributed by atoms with Gasteiger partial charge in [0.15, 0.2) is 11.4 Å². The van der Waals surface area contributed by atoms with Gasteiger partial charge in [0.05, 0.1) is 12.2 Å². The van der Waals surface area contributed by atoms with Crippen molar-refractivity contribution in [2.24, 2.45) is 17.3 Å². The summed E-state index contributed by atoms with van der Waals surface area (Å²) in [5.74, 6) is 0.735. The van der Waals surface area contributed by atoms with E-state index in [2.05, 4.69) is 27.4 Å². The molecule has 3 nitrogen and oxygen atoms in total. The zero-order valence-electron chi connectivity index (χ0n) is 12.4. The third-order valence-electron chi connectivity index (χ3n) is 6.07. The molecule has 3 rings (SSSR count). The van der Waals surface area contributed by atoms with Crippen LogP contribution in [0.2, 0.25) is 0 Å². The van der Waals surface area contributed by atoms with Crippen LogP contribution >= 0.6 is 0 Å². The fourth-order valence-corrected chi connectivity index (χ4v) is 4.57. The molecular formula is C16H24O3. The molecule has 1 saturated heterocycles. The van der Waals surface area contributed by atoms with Gasteiger partial charge < -0.3 is 9.47 Å². The van der Waals surface area contributed by atoms with Gasteiger partial charge in [0.1, 0.15) is 0 Å². The van der Waals surface area contributed by atoms with Crippen LogP contribution in [0.1, 0.15) is 40.0 Å². The lowest BCUT2D eigenvalue weighted by Gasteiger charge is -2.61. The van der Waals surface area contributed by atoms with Crippen LogP contribution < -0.4 is 0 Å². The summed E-state index contributed by atoms with van der Waals surface area (Å²) in [6.45, 7) is 10.9. The van der Waals surface area contributed by atoms with Gasteiger partial charge in [-0.2, -0.15) is 0 Å². The van der Waals surface area contributed by atoms with Gasteiger partial charge in [-0.15, -0.1) is 0 Å². The van der Waals surface area contributed by atoms with Crippen molar-refractivity contribution in [1.82, 2.24) is 0 Å². The quantitative estimate of drug-likeness (QED) is 0.683. The molecule has 0 aromatic rings. The second-order valence-electron chi connectivity index (χ2n) is 7.31. The van der Waals surface area contributed by atoms with Crippen LogP contribution in [0.25, 0.3) is 0 Å². The van der Waals surface area contributed by atoms with E-state index in [1.807, 2.05) is 0 Å². The fourth-order valence-electron chi connectivity index (χ4n) is 4.57. The highest BCUT2D eigenvalue weighted by molar-refractivity contribution is 6.04. The molecule has 1 aliphatic heterocycles. The maximum atomic E-state index is 12.8. The highest BCUT2D eigenvalue weighted by Gasteiger charge is 2.65. The number of ketones is 1. The molecule has 0 spiro atoms. The van der Waals surface area contributed by atoms with Crippen LogP contribution in [0.4, 0.5) is 0 Å². The summed E-state index contributed by atoms with van der Waals surface area (Å²) in [4.78, 5) is 12.8. The molecule has 2 bridgehead atoms. The minimum Gasteiger partial charge on any atom is -0.372 e. The molecule has 1 heterocycles. The summed E-state index contributed by atoms with van der Waals surface area (Å²) in [5.41, 5.74) is -0.231. The van der Waals surface area contributed by atoms with Gasteiger partial charge in [0.25, 0.3) is 0 Å². The maximum Gasteiger partial charge on any atom is 0.193 e. The van der Waals surface area contributed by atoms with Crippen molar-refractivity contribution in [1.29, 1.82) is 0 Å². The van der Waals surface area contributed by atoms with Gasteiger partial charge in [-0.05, 0) is 50.0 Å². The number of hydrogen-bond donors (Lipinski definition) is 0. The summed E-state index contributed by atoms with van der Waals surface area (Å²) < 4.78 is 11.7. The molecule has 0 amide bonds. The molecule has 2 aliphatic carbocycles. The maximum absolute atomic E-state index is 12.8. The van der Waals surface area contributed by atoms with Crippen LogP contribution in [0.5, 0.6) is 0 Å². The van der Waals surface area contributed by atoms with Crippen molar-refractivity contribution in [3.8, 4) is 0 Å². The van der Waals surface area contributed by atoms with E-state index in [9.17, 15) is 4.79 Å².